The van der Waals surface area contributed by atoms with E-state index in [-0.39, 0.29) is 11.6 Å². The molecule has 0 saturated heterocycles. The lowest BCUT2D eigenvalue weighted by molar-refractivity contribution is 0.578. The Balaban J connectivity index is 2.06. The summed E-state index contributed by atoms with van der Waals surface area (Å²) < 4.78 is 25.9. The number of sulfonamides is 1. The summed E-state index contributed by atoms with van der Waals surface area (Å²) in [4.78, 5) is 6.18. The molecule has 0 bridgehead atoms. The summed E-state index contributed by atoms with van der Waals surface area (Å²) in [6, 6.07) is 8.68. The van der Waals surface area contributed by atoms with Gasteiger partial charge in [-0.15, -0.1) is 0 Å². The maximum Gasteiger partial charge on any atom is 0.257 e. The topological polar surface area (TPSA) is 98.6 Å². The molecule has 0 aliphatic heterocycles. The lowest BCUT2D eigenvalue weighted by atomic mass is 10.1. The Kier molecular flexibility index (Phi) is 3.41. The van der Waals surface area contributed by atoms with Crippen LogP contribution in [-0.4, -0.2) is 18.4 Å². The Morgan fingerprint density at radius 3 is 2.61 bits per heavy atom. The number of H-pyrrole nitrogens is 1. The Morgan fingerprint density at radius 1 is 1.33 bits per heavy atom. The Bertz CT molecular complexity index is 654. The lowest BCUT2D eigenvalue weighted by Gasteiger charge is -2.04. The Labute approximate surface area is 104 Å². The molecular weight excluding hydrogens is 252 g/mol. The minimum absolute atomic E-state index is 0.0242. The van der Waals surface area contributed by atoms with Gasteiger partial charge in [0.2, 0.25) is 0 Å². The molecule has 1 aromatic carbocycles. The molecule has 1 aromatic heterocycles. The number of nitrogens with zero attached hydrogens (tertiary/aromatic N) is 2. The standard InChI is InChI=1S/C11H10N4O2S/c12-5-9-1-3-10(4-2-9)6-15-18(16,17)11-7-13-8-14-11/h1-4,7-8,15H,6H2,(H,13,14). The molecule has 18 heavy (non-hydrogen) atoms. The molecule has 0 aliphatic rings. The summed E-state index contributed by atoms with van der Waals surface area (Å²) in [7, 11) is -3.56. The van der Waals surface area contributed by atoms with Crippen molar-refractivity contribution < 1.29 is 8.42 Å². The van der Waals surface area contributed by atoms with Crippen LogP contribution >= 0.6 is 0 Å². The van der Waals surface area contributed by atoms with Crippen molar-refractivity contribution in [2.45, 2.75) is 11.6 Å². The van der Waals surface area contributed by atoms with Crippen LogP contribution < -0.4 is 4.72 Å². The average Bonchev–Trinajstić information content (AvgIpc) is 2.92. The zero-order valence-corrected chi connectivity index (χ0v) is 10.1. The molecule has 92 valence electrons. The van der Waals surface area contributed by atoms with Crippen LogP contribution in [0, 0.1) is 11.3 Å². The molecule has 2 aromatic rings. The van der Waals surface area contributed by atoms with Crippen LogP contribution in [0.4, 0.5) is 0 Å². The quantitative estimate of drug-likeness (QED) is 0.849. The van der Waals surface area contributed by atoms with E-state index in [4.69, 9.17) is 5.26 Å². The number of aromatic amines is 1. The highest BCUT2D eigenvalue weighted by Crippen LogP contribution is 2.06. The highest BCUT2D eigenvalue weighted by Gasteiger charge is 2.14. The molecule has 2 rings (SSSR count). The van der Waals surface area contributed by atoms with E-state index in [2.05, 4.69) is 14.7 Å². The van der Waals surface area contributed by atoms with Crippen molar-refractivity contribution in [1.29, 1.82) is 5.26 Å². The van der Waals surface area contributed by atoms with Crippen molar-refractivity contribution in [3.63, 3.8) is 0 Å². The van der Waals surface area contributed by atoms with Gasteiger partial charge in [0.05, 0.1) is 24.2 Å². The third kappa shape index (κ3) is 2.74. The first-order chi connectivity index (χ1) is 8.62. The van der Waals surface area contributed by atoms with Gasteiger partial charge in [0.15, 0.2) is 5.03 Å². The molecule has 1 heterocycles. The van der Waals surface area contributed by atoms with Crippen LogP contribution in [0.15, 0.2) is 41.8 Å². The number of aromatic nitrogens is 2. The highest BCUT2D eigenvalue weighted by molar-refractivity contribution is 7.89. The largest absolute Gasteiger partial charge is 0.335 e. The molecule has 0 saturated carbocycles. The van der Waals surface area contributed by atoms with E-state index in [0.717, 1.165) is 5.56 Å². The molecule has 6 nitrogen and oxygen atoms in total. The van der Waals surface area contributed by atoms with Crippen molar-refractivity contribution >= 4 is 10.0 Å². The fraction of sp³-hybridized carbons (Fsp3) is 0.0909. The van der Waals surface area contributed by atoms with Gasteiger partial charge in [0.25, 0.3) is 10.0 Å². The van der Waals surface area contributed by atoms with Gasteiger partial charge in [-0.1, -0.05) is 12.1 Å². The second kappa shape index (κ2) is 5.00. The van der Waals surface area contributed by atoms with Crippen molar-refractivity contribution in [3.05, 3.63) is 47.9 Å². The predicted molar refractivity (Wildman–Crippen MR) is 63.8 cm³/mol. The van der Waals surface area contributed by atoms with Gasteiger partial charge in [-0.2, -0.15) is 5.26 Å². The summed E-state index contributed by atoms with van der Waals surface area (Å²) in [5, 5.41) is 8.66. The molecule has 0 atom stereocenters. The summed E-state index contributed by atoms with van der Waals surface area (Å²) in [6.45, 7) is 0.160. The van der Waals surface area contributed by atoms with Gasteiger partial charge in [0.1, 0.15) is 0 Å². The number of nitriles is 1. The number of benzene rings is 1. The van der Waals surface area contributed by atoms with E-state index in [9.17, 15) is 8.42 Å². The third-order valence-electron chi connectivity index (χ3n) is 2.31. The summed E-state index contributed by atoms with van der Waals surface area (Å²) >= 11 is 0. The maximum atomic E-state index is 11.8. The maximum absolute atomic E-state index is 11.8. The number of rotatable bonds is 4. The van der Waals surface area contributed by atoms with E-state index >= 15 is 0 Å². The van der Waals surface area contributed by atoms with Gasteiger partial charge >= 0.3 is 0 Å². The first kappa shape index (κ1) is 12.3. The van der Waals surface area contributed by atoms with E-state index in [1.807, 2.05) is 6.07 Å². The SMILES string of the molecule is N#Cc1ccc(CNS(=O)(=O)c2cnc[nH]2)cc1. The average molecular weight is 262 g/mol. The summed E-state index contributed by atoms with van der Waals surface area (Å²) in [6.07, 6.45) is 2.54. The van der Waals surface area contributed by atoms with Crippen LogP contribution in [-0.2, 0) is 16.6 Å². The zero-order valence-electron chi connectivity index (χ0n) is 9.29. The molecule has 2 N–H and O–H groups in total. The van der Waals surface area contributed by atoms with E-state index in [1.54, 1.807) is 24.3 Å². The zero-order chi connectivity index (χ0) is 13.0. The van der Waals surface area contributed by atoms with Gasteiger partial charge in [-0.3, -0.25) is 0 Å². The Hall–Kier alpha value is -2.17. The molecule has 7 heteroatoms. The van der Waals surface area contributed by atoms with Crippen molar-refractivity contribution in [3.8, 4) is 6.07 Å². The first-order valence-corrected chi connectivity index (χ1v) is 6.57. The Morgan fingerprint density at radius 2 is 2.06 bits per heavy atom. The summed E-state index contributed by atoms with van der Waals surface area (Å²) in [5.41, 5.74) is 1.31. The number of nitrogens with one attached hydrogen (secondary N) is 2. The smallest absolute Gasteiger partial charge is 0.257 e. The molecule has 0 radical (unpaired) electrons. The highest BCUT2D eigenvalue weighted by atomic mass is 32.2. The van der Waals surface area contributed by atoms with Crippen LogP contribution in [0.1, 0.15) is 11.1 Å². The van der Waals surface area contributed by atoms with E-state index in [0.29, 0.717) is 5.56 Å². The fourth-order valence-electron chi connectivity index (χ4n) is 1.34. The van der Waals surface area contributed by atoms with Crippen molar-refractivity contribution in [1.82, 2.24) is 14.7 Å². The van der Waals surface area contributed by atoms with Gasteiger partial charge in [0, 0.05) is 6.54 Å². The van der Waals surface area contributed by atoms with Crippen LogP contribution in [0.5, 0.6) is 0 Å². The molecule has 0 fully saturated rings. The minimum Gasteiger partial charge on any atom is -0.335 e. The second-order valence-electron chi connectivity index (χ2n) is 3.55. The van der Waals surface area contributed by atoms with Crippen molar-refractivity contribution in [2.75, 3.05) is 0 Å². The lowest BCUT2D eigenvalue weighted by Crippen LogP contribution is -2.23. The molecular formula is C11H10N4O2S. The number of imidazole rings is 1. The molecule has 0 amide bonds. The van der Waals surface area contributed by atoms with Crippen LogP contribution in [0.2, 0.25) is 0 Å². The van der Waals surface area contributed by atoms with Gasteiger partial charge in [-0.05, 0) is 17.7 Å². The monoisotopic (exact) mass is 262 g/mol. The molecule has 0 spiro atoms. The minimum atomic E-state index is -3.56. The molecule has 0 aliphatic carbocycles. The van der Waals surface area contributed by atoms with E-state index < -0.39 is 10.0 Å². The normalized spacial score (nSPS) is 11.1. The van der Waals surface area contributed by atoms with Crippen molar-refractivity contribution in [2.24, 2.45) is 0 Å². The van der Waals surface area contributed by atoms with Crippen LogP contribution in [0.3, 0.4) is 0 Å². The van der Waals surface area contributed by atoms with Gasteiger partial charge in [-0.25, -0.2) is 18.1 Å². The summed E-state index contributed by atoms with van der Waals surface area (Å²) in [5.74, 6) is 0. The predicted octanol–water partition coefficient (Wildman–Crippen LogP) is 0.760. The van der Waals surface area contributed by atoms with Gasteiger partial charge < -0.3 is 4.98 Å². The van der Waals surface area contributed by atoms with Crippen LogP contribution in [0.25, 0.3) is 0 Å². The third-order valence-corrected chi connectivity index (χ3v) is 3.64. The first-order valence-electron chi connectivity index (χ1n) is 5.09. The van der Waals surface area contributed by atoms with E-state index in [1.165, 1.54) is 12.5 Å². The number of hydrogen-bond acceptors (Lipinski definition) is 4. The molecule has 0 unspecified atom stereocenters. The second-order valence-corrected chi connectivity index (χ2v) is 5.28. The fourth-order valence-corrected chi connectivity index (χ4v) is 2.26. The number of hydrogen-bond donors (Lipinski definition) is 2.